The molecule has 0 radical (unpaired) electrons. The van der Waals surface area contributed by atoms with Crippen molar-refractivity contribution in [3.05, 3.63) is 48.0 Å². The van der Waals surface area contributed by atoms with Crippen LogP contribution in [0.3, 0.4) is 0 Å². The molecule has 34 heavy (non-hydrogen) atoms. The van der Waals surface area contributed by atoms with Crippen molar-refractivity contribution < 1.29 is 24.2 Å². The van der Waals surface area contributed by atoms with Crippen LogP contribution in [0.2, 0.25) is 0 Å². The van der Waals surface area contributed by atoms with E-state index in [2.05, 4.69) is 0 Å². The number of aliphatic hydroxyl groups excluding tert-OH is 1. The highest BCUT2D eigenvalue weighted by molar-refractivity contribution is 6.03. The van der Waals surface area contributed by atoms with Gasteiger partial charge in [-0.1, -0.05) is 18.2 Å². The van der Waals surface area contributed by atoms with Gasteiger partial charge >= 0.3 is 6.09 Å². The average Bonchev–Trinajstić information content (AvgIpc) is 3.23. The molecule has 2 aromatic rings. The van der Waals surface area contributed by atoms with E-state index < -0.39 is 12.2 Å². The fourth-order valence-electron chi connectivity index (χ4n) is 4.64. The molecule has 2 heterocycles. The molecule has 0 spiro atoms. The Kier molecular flexibility index (Phi) is 6.61. The van der Waals surface area contributed by atoms with Gasteiger partial charge in [0.2, 0.25) is 5.91 Å². The lowest BCUT2D eigenvalue weighted by molar-refractivity contribution is -0.117. The lowest BCUT2D eigenvalue weighted by Gasteiger charge is -2.40. The monoisotopic (exact) mass is 465 g/mol. The van der Waals surface area contributed by atoms with Crippen LogP contribution in [-0.4, -0.2) is 65.8 Å². The minimum atomic E-state index is -0.457. The second kappa shape index (κ2) is 9.46. The molecule has 2 aromatic carbocycles. The van der Waals surface area contributed by atoms with Gasteiger partial charge in [0, 0.05) is 32.1 Å². The van der Waals surface area contributed by atoms with Gasteiger partial charge in [-0.15, -0.1) is 0 Å². The second-order valence-electron chi connectivity index (χ2n) is 9.26. The SMILES string of the molecule is CC(=O)N1c2ccc(-c3ccc(C(=O)N4CCC(O)C4)cc3)cc2N(C(=O)OC(C)C)CC1C. The quantitative estimate of drug-likeness (QED) is 0.747. The molecule has 2 aliphatic heterocycles. The van der Waals surface area contributed by atoms with Gasteiger partial charge in [0.15, 0.2) is 0 Å². The summed E-state index contributed by atoms with van der Waals surface area (Å²) in [5.74, 6) is -0.185. The van der Waals surface area contributed by atoms with Gasteiger partial charge in [-0.2, -0.15) is 0 Å². The van der Waals surface area contributed by atoms with Crippen molar-refractivity contribution in [1.82, 2.24) is 4.90 Å². The van der Waals surface area contributed by atoms with E-state index in [1.165, 1.54) is 6.92 Å². The normalized spacial score (nSPS) is 19.9. The number of rotatable bonds is 3. The van der Waals surface area contributed by atoms with Gasteiger partial charge in [0.05, 0.1) is 29.6 Å². The van der Waals surface area contributed by atoms with Crippen molar-refractivity contribution in [3.63, 3.8) is 0 Å². The Balaban J connectivity index is 1.66. The number of β-amino-alcohol motifs (C(OH)–C–C–N with tert-alkyl or cyclic N) is 1. The van der Waals surface area contributed by atoms with Crippen LogP contribution in [0, 0.1) is 0 Å². The molecule has 2 unspecified atom stereocenters. The molecule has 3 amide bonds. The minimum absolute atomic E-state index is 0.0896. The summed E-state index contributed by atoms with van der Waals surface area (Å²) in [7, 11) is 0. The van der Waals surface area contributed by atoms with Crippen LogP contribution in [-0.2, 0) is 9.53 Å². The fourth-order valence-corrected chi connectivity index (χ4v) is 4.64. The predicted octanol–water partition coefficient (Wildman–Crippen LogP) is 3.67. The molecule has 0 aliphatic carbocycles. The van der Waals surface area contributed by atoms with Gasteiger partial charge in [-0.3, -0.25) is 14.5 Å². The van der Waals surface area contributed by atoms with E-state index >= 15 is 0 Å². The number of fused-ring (bicyclic) bond motifs is 1. The van der Waals surface area contributed by atoms with Crippen molar-refractivity contribution in [2.75, 3.05) is 29.4 Å². The molecule has 8 heteroatoms. The van der Waals surface area contributed by atoms with Gasteiger partial charge in [0.25, 0.3) is 5.91 Å². The van der Waals surface area contributed by atoms with E-state index in [-0.39, 0.29) is 24.0 Å². The Labute approximate surface area is 199 Å². The van der Waals surface area contributed by atoms with Crippen LogP contribution < -0.4 is 9.80 Å². The number of ether oxygens (including phenoxy) is 1. The highest BCUT2D eigenvalue weighted by atomic mass is 16.6. The van der Waals surface area contributed by atoms with E-state index in [0.29, 0.717) is 43.0 Å². The highest BCUT2D eigenvalue weighted by Crippen LogP contribution is 2.39. The number of carbonyl (C=O) groups is 3. The topological polar surface area (TPSA) is 90.4 Å². The first kappa shape index (κ1) is 23.8. The Hall–Kier alpha value is -3.39. The first-order chi connectivity index (χ1) is 16.2. The zero-order valence-corrected chi connectivity index (χ0v) is 20.0. The summed E-state index contributed by atoms with van der Waals surface area (Å²) >= 11 is 0. The minimum Gasteiger partial charge on any atom is -0.446 e. The number of aliphatic hydroxyl groups is 1. The smallest absolute Gasteiger partial charge is 0.414 e. The van der Waals surface area contributed by atoms with Crippen molar-refractivity contribution in [2.45, 2.75) is 52.4 Å². The first-order valence-electron chi connectivity index (χ1n) is 11.7. The summed E-state index contributed by atoms with van der Waals surface area (Å²) in [6.45, 7) is 8.27. The molecule has 180 valence electrons. The van der Waals surface area contributed by atoms with Crippen LogP contribution in [0.25, 0.3) is 11.1 Å². The summed E-state index contributed by atoms with van der Waals surface area (Å²) in [5.41, 5.74) is 3.58. The Morgan fingerprint density at radius 3 is 2.26 bits per heavy atom. The molecule has 2 atom stereocenters. The molecular weight excluding hydrogens is 434 g/mol. The summed E-state index contributed by atoms with van der Waals surface area (Å²) in [6.07, 6.45) is -0.564. The van der Waals surface area contributed by atoms with Gasteiger partial charge < -0.3 is 19.6 Å². The molecule has 0 bridgehead atoms. The van der Waals surface area contributed by atoms with E-state index in [1.54, 1.807) is 40.7 Å². The third-order valence-electron chi connectivity index (χ3n) is 6.23. The molecule has 0 saturated carbocycles. The third-order valence-corrected chi connectivity index (χ3v) is 6.23. The number of hydrogen-bond donors (Lipinski definition) is 1. The van der Waals surface area contributed by atoms with Crippen LogP contribution in [0.1, 0.15) is 44.5 Å². The average molecular weight is 466 g/mol. The first-order valence-corrected chi connectivity index (χ1v) is 11.7. The van der Waals surface area contributed by atoms with Crippen molar-refractivity contribution >= 4 is 29.3 Å². The van der Waals surface area contributed by atoms with Gasteiger partial charge in [0.1, 0.15) is 0 Å². The molecule has 1 fully saturated rings. The number of carbonyl (C=O) groups excluding carboxylic acids is 3. The van der Waals surface area contributed by atoms with Crippen molar-refractivity contribution in [1.29, 1.82) is 0 Å². The number of nitrogens with zero attached hydrogens (tertiary/aromatic N) is 3. The fraction of sp³-hybridized carbons (Fsp3) is 0.423. The zero-order valence-electron chi connectivity index (χ0n) is 20.0. The highest BCUT2D eigenvalue weighted by Gasteiger charge is 2.35. The molecule has 1 saturated heterocycles. The number of amides is 3. The molecule has 4 rings (SSSR count). The summed E-state index contributed by atoms with van der Waals surface area (Å²) in [4.78, 5) is 42.8. The predicted molar refractivity (Wildman–Crippen MR) is 130 cm³/mol. The molecular formula is C26H31N3O5. The van der Waals surface area contributed by atoms with Crippen LogP contribution in [0.4, 0.5) is 16.2 Å². The van der Waals surface area contributed by atoms with Crippen LogP contribution in [0.5, 0.6) is 0 Å². The summed E-state index contributed by atoms with van der Waals surface area (Å²) < 4.78 is 5.46. The lowest BCUT2D eigenvalue weighted by atomic mass is 9.99. The third kappa shape index (κ3) is 4.63. The van der Waals surface area contributed by atoms with Crippen LogP contribution in [0.15, 0.2) is 42.5 Å². The molecule has 0 aromatic heterocycles. The Bertz CT molecular complexity index is 1100. The Morgan fingerprint density at radius 2 is 1.68 bits per heavy atom. The van der Waals surface area contributed by atoms with Crippen LogP contribution >= 0.6 is 0 Å². The molecule has 2 aliphatic rings. The van der Waals surface area contributed by atoms with Gasteiger partial charge in [-0.05, 0) is 62.6 Å². The molecule has 1 N–H and O–H groups in total. The number of likely N-dealkylation sites (tertiary alicyclic amines) is 1. The van der Waals surface area contributed by atoms with Crippen molar-refractivity contribution in [3.8, 4) is 11.1 Å². The second-order valence-corrected chi connectivity index (χ2v) is 9.26. The summed E-state index contributed by atoms with van der Waals surface area (Å²) in [5, 5.41) is 9.71. The number of anilines is 2. The van der Waals surface area contributed by atoms with E-state index in [4.69, 9.17) is 4.74 Å². The Morgan fingerprint density at radius 1 is 1.00 bits per heavy atom. The standard InChI is InChI=1S/C26H31N3O5/c1-16(2)34-26(33)28-14-17(3)29(18(4)30)23-10-9-21(13-24(23)28)19-5-7-20(8-6-19)25(32)27-12-11-22(31)15-27/h5-10,13,16-17,22,31H,11-12,14-15H2,1-4H3. The van der Waals surface area contributed by atoms with Gasteiger partial charge in [-0.25, -0.2) is 4.79 Å². The largest absolute Gasteiger partial charge is 0.446 e. The lowest BCUT2D eigenvalue weighted by Crippen LogP contribution is -2.51. The van der Waals surface area contributed by atoms with E-state index in [0.717, 1.165) is 11.1 Å². The number of benzene rings is 2. The maximum Gasteiger partial charge on any atom is 0.414 e. The maximum atomic E-state index is 12.9. The van der Waals surface area contributed by atoms with Crippen molar-refractivity contribution in [2.24, 2.45) is 0 Å². The maximum absolute atomic E-state index is 12.9. The summed E-state index contributed by atoms with van der Waals surface area (Å²) in [6, 6.07) is 12.7. The van der Waals surface area contributed by atoms with E-state index in [9.17, 15) is 19.5 Å². The molecule has 8 nitrogen and oxygen atoms in total. The zero-order chi connectivity index (χ0) is 24.6. The van der Waals surface area contributed by atoms with E-state index in [1.807, 2.05) is 37.3 Å². The number of hydrogen-bond acceptors (Lipinski definition) is 5.